The minimum absolute atomic E-state index is 0.0262. The first-order chi connectivity index (χ1) is 17.7. The Morgan fingerprint density at radius 2 is 1.81 bits per heavy atom. The van der Waals surface area contributed by atoms with Gasteiger partial charge in [0, 0.05) is 24.5 Å². The maximum atomic E-state index is 13.3. The molecule has 3 unspecified atom stereocenters. The molecular formula is C28H38N4O5. The molecule has 0 spiro atoms. The van der Waals surface area contributed by atoms with E-state index in [1.54, 1.807) is 17.0 Å². The number of Topliss-reactive ketones (excluding diaryl/α,β-unsaturated/α-hetero) is 1. The lowest BCUT2D eigenvalue weighted by molar-refractivity contribution is -0.129. The second-order valence-electron chi connectivity index (χ2n) is 10.7. The van der Waals surface area contributed by atoms with E-state index in [1.807, 2.05) is 43.9 Å². The van der Waals surface area contributed by atoms with Crippen molar-refractivity contribution in [2.45, 2.75) is 77.4 Å². The Kier molecular flexibility index (Phi) is 8.51. The van der Waals surface area contributed by atoms with E-state index in [0.29, 0.717) is 24.8 Å². The molecule has 4 rings (SSSR count). The van der Waals surface area contributed by atoms with Gasteiger partial charge in [-0.25, -0.2) is 4.79 Å². The van der Waals surface area contributed by atoms with Crippen LogP contribution in [0.15, 0.2) is 34.7 Å². The van der Waals surface area contributed by atoms with E-state index >= 15 is 0 Å². The molecule has 1 aromatic carbocycles. The van der Waals surface area contributed by atoms with E-state index in [1.165, 1.54) is 0 Å². The summed E-state index contributed by atoms with van der Waals surface area (Å²) in [6.07, 6.45) is 4.55. The number of para-hydroxylation sites is 1. The summed E-state index contributed by atoms with van der Waals surface area (Å²) < 4.78 is 5.66. The van der Waals surface area contributed by atoms with Gasteiger partial charge in [0.2, 0.25) is 5.91 Å². The number of nitrogens with one attached hydrogen (secondary N) is 2. The van der Waals surface area contributed by atoms with Gasteiger partial charge in [0.25, 0.3) is 5.91 Å². The third-order valence-electron chi connectivity index (χ3n) is 7.29. The van der Waals surface area contributed by atoms with Crippen LogP contribution in [-0.4, -0.2) is 71.2 Å². The molecule has 0 bridgehead atoms. The molecular weight excluding hydrogens is 472 g/mol. The number of piperidine rings is 1. The maximum Gasteiger partial charge on any atom is 0.320 e. The Bertz CT molecular complexity index is 1100. The molecule has 2 aromatic rings. The van der Waals surface area contributed by atoms with Gasteiger partial charge in [0.05, 0.1) is 12.6 Å². The fraction of sp³-hybridized carbons (Fsp3) is 0.571. The molecule has 4 amide bonds. The summed E-state index contributed by atoms with van der Waals surface area (Å²) in [5, 5.41) is 6.47. The van der Waals surface area contributed by atoms with Gasteiger partial charge in [-0.2, -0.15) is 0 Å². The van der Waals surface area contributed by atoms with Crippen molar-refractivity contribution < 1.29 is 23.6 Å². The lowest BCUT2D eigenvalue weighted by Gasteiger charge is -2.35. The Morgan fingerprint density at radius 3 is 2.51 bits per heavy atom. The first-order valence-corrected chi connectivity index (χ1v) is 13.4. The summed E-state index contributed by atoms with van der Waals surface area (Å²) in [5.74, 6) is -0.797. The number of carbonyl (C=O) groups excluding carboxylic acids is 4. The zero-order chi connectivity index (χ0) is 26.5. The molecule has 3 atom stereocenters. The van der Waals surface area contributed by atoms with E-state index in [0.717, 1.165) is 37.7 Å². The minimum Gasteiger partial charge on any atom is -0.451 e. The number of urea groups is 1. The van der Waals surface area contributed by atoms with Crippen LogP contribution < -0.4 is 10.6 Å². The van der Waals surface area contributed by atoms with Crippen LogP contribution in [0.4, 0.5) is 4.79 Å². The second kappa shape index (κ2) is 11.8. The fourth-order valence-corrected chi connectivity index (χ4v) is 5.13. The first-order valence-electron chi connectivity index (χ1n) is 13.4. The van der Waals surface area contributed by atoms with Gasteiger partial charge in [-0.1, -0.05) is 32.0 Å². The van der Waals surface area contributed by atoms with Gasteiger partial charge in [0.1, 0.15) is 11.6 Å². The molecule has 2 N–H and O–H groups in total. The van der Waals surface area contributed by atoms with Gasteiger partial charge >= 0.3 is 6.03 Å². The summed E-state index contributed by atoms with van der Waals surface area (Å²) in [5.41, 5.74) is 0.597. The normalized spacial score (nSPS) is 21.6. The van der Waals surface area contributed by atoms with Crippen LogP contribution in [0.2, 0.25) is 0 Å². The van der Waals surface area contributed by atoms with Crippen molar-refractivity contribution in [2.24, 2.45) is 5.92 Å². The summed E-state index contributed by atoms with van der Waals surface area (Å²) >= 11 is 0. The van der Waals surface area contributed by atoms with Crippen molar-refractivity contribution in [3.05, 3.63) is 36.1 Å². The molecule has 2 fully saturated rings. The smallest absolute Gasteiger partial charge is 0.320 e. The van der Waals surface area contributed by atoms with Gasteiger partial charge in [-0.05, 0) is 63.5 Å². The van der Waals surface area contributed by atoms with Crippen molar-refractivity contribution in [1.29, 1.82) is 0 Å². The third-order valence-corrected chi connectivity index (χ3v) is 7.29. The molecule has 1 aromatic heterocycles. The van der Waals surface area contributed by atoms with Crippen LogP contribution in [0.3, 0.4) is 0 Å². The predicted octanol–water partition coefficient (Wildman–Crippen LogP) is 3.72. The van der Waals surface area contributed by atoms with Gasteiger partial charge in [0.15, 0.2) is 11.5 Å². The second-order valence-corrected chi connectivity index (χ2v) is 10.7. The number of nitrogens with zero attached hydrogens (tertiary/aromatic N) is 2. The molecule has 0 radical (unpaired) electrons. The lowest BCUT2D eigenvalue weighted by atomic mass is 10.0. The van der Waals surface area contributed by atoms with E-state index in [2.05, 4.69) is 10.6 Å². The van der Waals surface area contributed by atoms with Crippen LogP contribution in [0.1, 0.15) is 69.9 Å². The molecule has 2 aliphatic heterocycles. The monoisotopic (exact) mass is 510 g/mol. The molecule has 3 heterocycles. The highest BCUT2D eigenvalue weighted by Crippen LogP contribution is 2.21. The minimum atomic E-state index is -0.819. The van der Waals surface area contributed by atoms with Crippen molar-refractivity contribution in [1.82, 2.24) is 20.4 Å². The number of likely N-dealkylation sites (tertiary alicyclic amines) is 2. The SMILES string of the molecule is CC(C)CC(NC(=O)c1cc2ccccc2o1)C(=O)NC1CCC(C)N(C(=O)N2CCCCC2)CC1=O. The number of fused-ring (bicyclic) bond motifs is 1. The van der Waals surface area contributed by atoms with Crippen molar-refractivity contribution in [2.75, 3.05) is 19.6 Å². The van der Waals surface area contributed by atoms with Gasteiger partial charge in [-0.15, -0.1) is 0 Å². The quantitative estimate of drug-likeness (QED) is 0.615. The van der Waals surface area contributed by atoms with Crippen LogP contribution in [-0.2, 0) is 9.59 Å². The molecule has 2 aliphatic rings. The standard InChI is InChI=1S/C28H38N4O5/c1-18(2)15-22(30-27(35)25-16-20-9-5-6-10-24(20)37-25)26(34)29-21-12-11-19(3)32(17-23(21)33)28(36)31-13-7-4-8-14-31/h5-6,9-10,16,18-19,21-22H,4,7-8,11-15,17H2,1-3H3,(H,29,34)(H,30,35). The lowest BCUT2D eigenvalue weighted by Crippen LogP contribution is -2.53. The van der Waals surface area contributed by atoms with Gasteiger partial charge < -0.3 is 24.9 Å². The van der Waals surface area contributed by atoms with Crippen molar-refractivity contribution in [3.63, 3.8) is 0 Å². The summed E-state index contributed by atoms with van der Waals surface area (Å²) in [4.78, 5) is 56.0. The Hall–Kier alpha value is -3.36. The van der Waals surface area contributed by atoms with Gasteiger partial charge in [-0.3, -0.25) is 14.4 Å². The molecule has 2 saturated heterocycles. The Balaban J connectivity index is 1.41. The number of furan rings is 1. The number of hydrogen-bond acceptors (Lipinski definition) is 5. The summed E-state index contributed by atoms with van der Waals surface area (Å²) in [7, 11) is 0. The topological polar surface area (TPSA) is 112 Å². The largest absolute Gasteiger partial charge is 0.451 e. The highest BCUT2D eigenvalue weighted by atomic mass is 16.3. The molecule has 200 valence electrons. The molecule has 9 heteroatoms. The zero-order valence-corrected chi connectivity index (χ0v) is 22.0. The Labute approximate surface area is 217 Å². The highest BCUT2D eigenvalue weighted by molar-refractivity contribution is 5.99. The van der Waals surface area contributed by atoms with Crippen molar-refractivity contribution >= 4 is 34.6 Å². The average Bonchev–Trinajstić information content (AvgIpc) is 3.27. The summed E-state index contributed by atoms with van der Waals surface area (Å²) in [6.45, 7) is 7.30. The van der Waals surface area contributed by atoms with E-state index in [-0.39, 0.29) is 36.1 Å². The number of amides is 4. The molecule has 9 nitrogen and oxygen atoms in total. The molecule has 0 aliphatic carbocycles. The number of hydrogen-bond donors (Lipinski definition) is 2. The zero-order valence-electron chi connectivity index (χ0n) is 22.0. The highest BCUT2D eigenvalue weighted by Gasteiger charge is 2.35. The van der Waals surface area contributed by atoms with E-state index < -0.39 is 23.9 Å². The molecule has 37 heavy (non-hydrogen) atoms. The van der Waals surface area contributed by atoms with E-state index in [4.69, 9.17) is 4.42 Å². The maximum absolute atomic E-state index is 13.3. The Morgan fingerprint density at radius 1 is 1.08 bits per heavy atom. The molecule has 0 saturated carbocycles. The fourth-order valence-electron chi connectivity index (χ4n) is 5.13. The third kappa shape index (κ3) is 6.50. The predicted molar refractivity (Wildman–Crippen MR) is 140 cm³/mol. The number of ketones is 1. The van der Waals surface area contributed by atoms with Crippen molar-refractivity contribution in [3.8, 4) is 0 Å². The number of rotatable bonds is 6. The number of carbonyl (C=O) groups is 4. The van der Waals surface area contributed by atoms with Crippen LogP contribution >= 0.6 is 0 Å². The summed E-state index contributed by atoms with van der Waals surface area (Å²) in [6, 6.07) is 7.26. The van der Waals surface area contributed by atoms with Crippen LogP contribution in [0.25, 0.3) is 11.0 Å². The average molecular weight is 511 g/mol. The van der Waals surface area contributed by atoms with Crippen LogP contribution in [0, 0.1) is 5.92 Å². The van der Waals surface area contributed by atoms with Crippen LogP contribution in [0.5, 0.6) is 0 Å². The van der Waals surface area contributed by atoms with E-state index in [9.17, 15) is 19.2 Å². The number of benzene rings is 1. The first kappa shape index (κ1) is 26.7.